The number of anilines is 1. The van der Waals surface area contributed by atoms with E-state index >= 15 is 0 Å². The lowest BCUT2D eigenvalue weighted by atomic mass is 10.00. The lowest BCUT2D eigenvalue weighted by Crippen LogP contribution is -2.47. The molecular weight excluding hydrogens is 206 g/mol. The van der Waals surface area contributed by atoms with Crippen molar-refractivity contribution >= 4 is 5.82 Å². The van der Waals surface area contributed by atoms with Crippen molar-refractivity contribution in [1.82, 2.24) is 9.97 Å². The summed E-state index contributed by atoms with van der Waals surface area (Å²) in [6.07, 6.45) is 6.57. The molecule has 1 aromatic heterocycles. The molecule has 0 saturated carbocycles. The summed E-state index contributed by atoms with van der Waals surface area (Å²) in [6, 6.07) is 0.564. The second-order valence-electron chi connectivity index (χ2n) is 4.66. The van der Waals surface area contributed by atoms with Gasteiger partial charge in [-0.1, -0.05) is 0 Å². The van der Waals surface area contributed by atoms with Crippen LogP contribution in [0.4, 0.5) is 5.82 Å². The van der Waals surface area contributed by atoms with Crippen LogP contribution in [0.1, 0.15) is 25.7 Å². The molecule has 86 valence electrons. The van der Waals surface area contributed by atoms with Gasteiger partial charge in [0.2, 0.25) is 0 Å². The summed E-state index contributed by atoms with van der Waals surface area (Å²) < 4.78 is 0. The van der Waals surface area contributed by atoms with Gasteiger partial charge in [-0.2, -0.15) is 0 Å². The van der Waals surface area contributed by atoms with Crippen molar-refractivity contribution in [2.24, 2.45) is 0 Å². The summed E-state index contributed by atoms with van der Waals surface area (Å²) in [5.74, 6) is 0.516. The molecule has 2 saturated heterocycles. The number of nitrogens with zero attached hydrogens (tertiary/aromatic N) is 2. The number of aromatic nitrogens is 2. The molecule has 5 heteroatoms. The molecule has 0 radical (unpaired) electrons. The Labute approximate surface area is 93.1 Å². The maximum absolute atomic E-state index is 11.7. The van der Waals surface area contributed by atoms with Crippen LogP contribution in [0.3, 0.4) is 0 Å². The van der Waals surface area contributed by atoms with Gasteiger partial charge in [0.15, 0.2) is 5.82 Å². The normalized spacial score (nSPS) is 33.1. The quantitative estimate of drug-likeness (QED) is 0.714. The number of hydrogen-bond acceptors (Lipinski definition) is 4. The maximum atomic E-state index is 11.7. The molecule has 2 unspecified atom stereocenters. The highest BCUT2D eigenvalue weighted by Gasteiger charge is 2.41. The number of rotatable bonds is 1. The highest BCUT2D eigenvalue weighted by Crippen LogP contribution is 2.37. The zero-order chi connectivity index (χ0) is 11.1. The van der Waals surface area contributed by atoms with Crippen molar-refractivity contribution in [3.05, 3.63) is 22.7 Å². The first-order valence-electron chi connectivity index (χ1n) is 5.76. The number of H-pyrrole nitrogens is 1. The van der Waals surface area contributed by atoms with Crippen LogP contribution in [0, 0.1) is 0 Å². The number of aliphatic hydroxyl groups excluding tert-OH is 1. The van der Waals surface area contributed by atoms with E-state index in [1.807, 2.05) is 0 Å². The van der Waals surface area contributed by atoms with E-state index < -0.39 is 0 Å². The zero-order valence-corrected chi connectivity index (χ0v) is 8.97. The molecule has 2 fully saturated rings. The summed E-state index contributed by atoms with van der Waals surface area (Å²) in [5.41, 5.74) is -0.129. The lowest BCUT2D eigenvalue weighted by Gasteiger charge is -2.37. The third kappa shape index (κ3) is 1.43. The Morgan fingerprint density at radius 1 is 1.38 bits per heavy atom. The Hall–Kier alpha value is -1.36. The Morgan fingerprint density at radius 3 is 2.69 bits per heavy atom. The topological polar surface area (TPSA) is 69.2 Å². The number of fused-ring (bicyclic) bond motifs is 2. The molecule has 16 heavy (non-hydrogen) atoms. The highest BCUT2D eigenvalue weighted by molar-refractivity contribution is 5.41. The molecule has 2 atom stereocenters. The molecule has 0 aliphatic carbocycles. The highest BCUT2D eigenvalue weighted by atomic mass is 16.3. The van der Waals surface area contributed by atoms with Crippen LogP contribution in [-0.4, -0.2) is 33.3 Å². The second kappa shape index (κ2) is 3.59. The van der Waals surface area contributed by atoms with Crippen LogP contribution in [0.5, 0.6) is 0 Å². The average molecular weight is 221 g/mol. The molecule has 2 aliphatic rings. The van der Waals surface area contributed by atoms with Crippen molar-refractivity contribution < 1.29 is 5.11 Å². The van der Waals surface area contributed by atoms with E-state index in [1.54, 1.807) is 12.4 Å². The van der Waals surface area contributed by atoms with Gasteiger partial charge < -0.3 is 15.0 Å². The van der Waals surface area contributed by atoms with Crippen LogP contribution in [0.15, 0.2) is 17.2 Å². The summed E-state index contributed by atoms with van der Waals surface area (Å²) in [4.78, 5) is 20.6. The SMILES string of the molecule is O=c1[nH]ccnc1N1C2CCC1CC(O)C2. The van der Waals surface area contributed by atoms with Crippen LogP contribution < -0.4 is 10.5 Å². The van der Waals surface area contributed by atoms with Gasteiger partial charge in [0.25, 0.3) is 5.56 Å². The summed E-state index contributed by atoms with van der Waals surface area (Å²) in [5, 5.41) is 9.69. The molecule has 0 amide bonds. The molecule has 1 aromatic rings. The maximum Gasteiger partial charge on any atom is 0.290 e. The summed E-state index contributed by atoms with van der Waals surface area (Å²) in [7, 11) is 0. The van der Waals surface area contributed by atoms with Gasteiger partial charge in [0, 0.05) is 24.5 Å². The van der Waals surface area contributed by atoms with Gasteiger partial charge in [0.05, 0.1) is 6.10 Å². The van der Waals surface area contributed by atoms with E-state index in [-0.39, 0.29) is 23.7 Å². The van der Waals surface area contributed by atoms with E-state index in [0.29, 0.717) is 5.82 Å². The molecule has 2 N–H and O–H groups in total. The van der Waals surface area contributed by atoms with E-state index in [0.717, 1.165) is 25.7 Å². The molecule has 3 heterocycles. The standard InChI is InChI=1S/C11H15N3O2/c15-9-5-7-1-2-8(6-9)14(7)10-11(16)13-4-3-12-10/h3-4,7-9,15H,1-2,5-6H2,(H,13,16). The first kappa shape index (κ1) is 9.84. The zero-order valence-electron chi connectivity index (χ0n) is 8.97. The molecule has 2 bridgehead atoms. The second-order valence-corrected chi connectivity index (χ2v) is 4.66. The van der Waals surface area contributed by atoms with Crippen LogP contribution in [0.25, 0.3) is 0 Å². The summed E-state index contributed by atoms with van der Waals surface area (Å²) in [6.45, 7) is 0. The Bertz CT molecular complexity index is 431. The van der Waals surface area contributed by atoms with Crippen molar-refractivity contribution in [3.8, 4) is 0 Å². The van der Waals surface area contributed by atoms with Crippen molar-refractivity contribution in [3.63, 3.8) is 0 Å². The summed E-state index contributed by atoms with van der Waals surface area (Å²) >= 11 is 0. The number of piperidine rings is 1. The monoisotopic (exact) mass is 221 g/mol. The molecular formula is C11H15N3O2. The van der Waals surface area contributed by atoms with Gasteiger partial charge in [-0.25, -0.2) is 4.98 Å². The first-order valence-corrected chi connectivity index (χ1v) is 5.76. The van der Waals surface area contributed by atoms with Crippen molar-refractivity contribution in [2.75, 3.05) is 4.90 Å². The third-order valence-corrected chi connectivity index (χ3v) is 3.64. The fourth-order valence-corrected chi connectivity index (χ4v) is 3.02. The minimum Gasteiger partial charge on any atom is -0.393 e. The Balaban J connectivity index is 1.97. The molecule has 5 nitrogen and oxygen atoms in total. The van der Waals surface area contributed by atoms with Gasteiger partial charge in [-0.15, -0.1) is 0 Å². The average Bonchev–Trinajstić information content (AvgIpc) is 2.53. The third-order valence-electron chi connectivity index (χ3n) is 3.64. The predicted octanol–water partition coefficient (Wildman–Crippen LogP) is 0.262. The minimum absolute atomic E-state index is 0.129. The Morgan fingerprint density at radius 2 is 2.06 bits per heavy atom. The fourth-order valence-electron chi connectivity index (χ4n) is 3.02. The van der Waals surface area contributed by atoms with Crippen LogP contribution in [0.2, 0.25) is 0 Å². The number of aliphatic hydroxyl groups is 1. The number of aromatic amines is 1. The van der Waals surface area contributed by atoms with E-state index in [9.17, 15) is 9.90 Å². The fraction of sp³-hybridized carbons (Fsp3) is 0.636. The molecule has 3 rings (SSSR count). The molecule has 2 aliphatic heterocycles. The van der Waals surface area contributed by atoms with Crippen molar-refractivity contribution in [1.29, 1.82) is 0 Å². The van der Waals surface area contributed by atoms with Crippen LogP contribution in [-0.2, 0) is 0 Å². The van der Waals surface area contributed by atoms with Gasteiger partial charge in [-0.3, -0.25) is 4.79 Å². The smallest absolute Gasteiger partial charge is 0.290 e. The van der Waals surface area contributed by atoms with E-state index in [2.05, 4.69) is 14.9 Å². The Kier molecular flexibility index (Phi) is 2.21. The van der Waals surface area contributed by atoms with E-state index in [1.165, 1.54) is 0 Å². The number of nitrogens with one attached hydrogen (secondary N) is 1. The lowest BCUT2D eigenvalue weighted by molar-refractivity contribution is 0.126. The minimum atomic E-state index is -0.212. The number of hydrogen-bond donors (Lipinski definition) is 2. The molecule has 0 spiro atoms. The predicted molar refractivity (Wildman–Crippen MR) is 59.4 cm³/mol. The van der Waals surface area contributed by atoms with Gasteiger partial charge in [0.1, 0.15) is 0 Å². The largest absolute Gasteiger partial charge is 0.393 e. The first-order chi connectivity index (χ1) is 7.75. The molecule has 0 aromatic carbocycles. The van der Waals surface area contributed by atoms with Gasteiger partial charge >= 0.3 is 0 Å². The van der Waals surface area contributed by atoms with Crippen molar-refractivity contribution in [2.45, 2.75) is 43.9 Å². The van der Waals surface area contributed by atoms with Gasteiger partial charge in [-0.05, 0) is 25.7 Å². The van der Waals surface area contributed by atoms with Crippen LogP contribution >= 0.6 is 0 Å². The van der Waals surface area contributed by atoms with E-state index in [4.69, 9.17) is 0 Å².